The van der Waals surface area contributed by atoms with Gasteiger partial charge < -0.3 is 0 Å². The Kier molecular flexibility index (Phi) is 5.00. The lowest BCUT2D eigenvalue weighted by molar-refractivity contribution is 0.599. The van der Waals surface area contributed by atoms with Crippen molar-refractivity contribution >= 4 is 27.6 Å². The molecule has 1 N–H and O–H groups in total. The Balaban J connectivity index is 1.69. The van der Waals surface area contributed by atoms with Gasteiger partial charge in [-0.3, -0.25) is 0 Å². The molecule has 0 spiro atoms. The van der Waals surface area contributed by atoms with Crippen molar-refractivity contribution < 1.29 is 12.8 Å². The summed E-state index contributed by atoms with van der Waals surface area (Å²) < 4.78 is 41.1. The van der Waals surface area contributed by atoms with Gasteiger partial charge in [-0.1, -0.05) is 48.0 Å². The molecule has 0 aliphatic heterocycles. The van der Waals surface area contributed by atoms with E-state index in [0.717, 1.165) is 0 Å². The highest BCUT2D eigenvalue weighted by Crippen LogP contribution is 2.18. The fourth-order valence-corrected chi connectivity index (χ4v) is 3.51. The number of nitrogens with zero attached hydrogens (tertiary/aromatic N) is 3. The first kappa shape index (κ1) is 17.4. The van der Waals surface area contributed by atoms with Crippen molar-refractivity contribution in [1.29, 1.82) is 0 Å². The predicted octanol–water partition coefficient (Wildman–Crippen LogP) is 3.06. The summed E-state index contributed by atoms with van der Waals surface area (Å²) in [5.41, 5.74) is 1.30. The van der Waals surface area contributed by atoms with Crippen molar-refractivity contribution in [2.75, 3.05) is 4.72 Å². The Bertz CT molecular complexity index is 977. The summed E-state index contributed by atoms with van der Waals surface area (Å²) in [6.45, 7) is 0.243. The molecule has 0 amide bonds. The average molecular weight is 381 g/mol. The molecule has 130 valence electrons. The molecular weight excluding hydrogens is 367 g/mol. The van der Waals surface area contributed by atoms with Gasteiger partial charge in [0.25, 0.3) is 5.95 Å². The second-order valence-corrected chi connectivity index (χ2v) is 7.48. The predicted molar refractivity (Wildman–Crippen MR) is 93.2 cm³/mol. The topological polar surface area (TPSA) is 76.9 Å². The lowest BCUT2D eigenvalue weighted by atomic mass is 10.2. The number of hydrogen-bond donors (Lipinski definition) is 1. The van der Waals surface area contributed by atoms with Gasteiger partial charge in [0.1, 0.15) is 12.1 Å². The zero-order valence-electron chi connectivity index (χ0n) is 12.9. The molecule has 0 aliphatic rings. The van der Waals surface area contributed by atoms with E-state index in [4.69, 9.17) is 11.6 Å². The average Bonchev–Trinajstić information content (AvgIpc) is 2.97. The maximum atomic E-state index is 13.1. The Morgan fingerprint density at radius 1 is 1.16 bits per heavy atom. The van der Waals surface area contributed by atoms with Crippen LogP contribution < -0.4 is 4.72 Å². The van der Waals surface area contributed by atoms with Crippen molar-refractivity contribution in [2.24, 2.45) is 0 Å². The molecule has 0 aliphatic carbocycles. The van der Waals surface area contributed by atoms with Crippen LogP contribution >= 0.6 is 11.6 Å². The molecule has 1 aromatic heterocycles. The molecule has 0 radical (unpaired) electrons. The van der Waals surface area contributed by atoms with Crippen LogP contribution in [-0.2, 0) is 22.3 Å². The Labute approximate surface area is 149 Å². The zero-order valence-corrected chi connectivity index (χ0v) is 14.5. The third kappa shape index (κ3) is 4.77. The molecule has 0 bridgehead atoms. The highest BCUT2D eigenvalue weighted by Gasteiger charge is 2.14. The molecule has 1 heterocycles. The lowest BCUT2D eigenvalue weighted by Gasteiger charge is -2.05. The maximum absolute atomic E-state index is 13.1. The molecular formula is C16H14ClFN4O2S. The molecule has 3 aromatic rings. The zero-order chi connectivity index (χ0) is 17.9. The summed E-state index contributed by atoms with van der Waals surface area (Å²) in [6.07, 6.45) is 1.38. The number of benzene rings is 2. The van der Waals surface area contributed by atoms with Gasteiger partial charge in [-0.05, 0) is 23.3 Å². The minimum Gasteiger partial charge on any atom is -0.250 e. The number of sulfonamides is 1. The fraction of sp³-hybridized carbons (Fsp3) is 0.125. The van der Waals surface area contributed by atoms with Crippen LogP contribution in [0.4, 0.5) is 10.3 Å². The molecule has 0 atom stereocenters. The summed E-state index contributed by atoms with van der Waals surface area (Å²) in [5.74, 6) is -0.637. The monoisotopic (exact) mass is 380 g/mol. The van der Waals surface area contributed by atoms with Gasteiger partial charge in [0, 0.05) is 5.02 Å². The van der Waals surface area contributed by atoms with Crippen LogP contribution in [-0.4, -0.2) is 23.2 Å². The van der Waals surface area contributed by atoms with E-state index in [1.807, 2.05) is 6.07 Å². The SMILES string of the molecule is O=S(=O)(Cc1ccccc1)Nc1ncn(Cc2ccc(F)cc2Cl)n1. The van der Waals surface area contributed by atoms with Crippen molar-refractivity contribution in [3.05, 3.63) is 76.8 Å². The van der Waals surface area contributed by atoms with Gasteiger partial charge in [-0.25, -0.2) is 22.2 Å². The van der Waals surface area contributed by atoms with Crippen LogP contribution in [0, 0.1) is 5.82 Å². The standard InChI is InChI=1S/C16H14ClFN4O2S/c17-15-8-14(18)7-6-13(15)9-22-11-19-16(20-22)21-25(23,24)10-12-4-2-1-3-5-12/h1-8,11H,9-10H2,(H,20,21). The number of rotatable bonds is 6. The van der Waals surface area contributed by atoms with Gasteiger partial charge in [-0.15, -0.1) is 5.10 Å². The van der Waals surface area contributed by atoms with E-state index < -0.39 is 15.8 Å². The summed E-state index contributed by atoms with van der Waals surface area (Å²) in [7, 11) is -3.62. The first-order valence-corrected chi connectivity index (χ1v) is 9.32. The number of halogens is 2. The molecule has 0 saturated carbocycles. The Morgan fingerprint density at radius 3 is 2.64 bits per heavy atom. The minimum absolute atomic E-state index is 0.0332. The molecule has 6 nitrogen and oxygen atoms in total. The van der Waals surface area contributed by atoms with E-state index in [2.05, 4.69) is 14.8 Å². The van der Waals surface area contributed by atoms with Crippen LogP contribution in [0.5, 0.6) is 0 Å². The van der Waals surface area contributed by atoms with Gasteiger partial charge in [-0.2, -0.15) is 4.98 Å². The molecule has 0 fully saturated rings. The summed E-state index contributed by atoms with van der Waals surface area (Å²) >= 11 is 5.97. The highest BCUT2D eigenvalue weighted by molar-refractivity contribution is 7.91. The van der Waals surface area contributed by atoms with Crippen LogP contribution in [0.1, 0.15) is 11.1 Å². The van der Waals surface area contributed by atoms with Crippen molar-refractivity contribution in [1.82, 2.24) is 14.8 Å². The van der Waals surface area contributed by atoms with E-state index in [1.165, 1.54) is 23.1 Å². The molecule has 25 heavy (non-hydrogen) atoms. The molecule has 3 rings (SSSR count). The van der Waals surface area contributed by atoms with E-state index in [9.17, 15) is 12.8 Å². The third-order valence-corrected chi connectivity index (χ3v) is 4.89. The molecule has 9 heteroatoms. The second kappa shape index (κ2) is 7.20. The first-order chi connectivity index (χ1) is 11.9. The summed E-state index contributed by atoms with van der Waals surface area (Å²) in [4.78, 5) is 3.93. The number of hydrogen-bond acceptors (Lipinski definition) is 4. The number of nitrogens with one attached hydrogen (secondary N) is 1. The molecule has 0 saturated heterocycles. The van der Waals surface area contributed by atoms with Gasteiger partial charge >= 0.3 is 0 Å². The Hall–Kier alpha value is -2.45. The van der Waals surface area contributed by atoms with Crippen LogP contribution in [0.15, 0.2) is 54.9 Å². The quantitative estimate of drug-likeness (QED) is 0.713. The van der Waals surface area contributed by atoms with Crippen molar-refractivity contribution in [3.63, 3.8) is 0 Å². The number of aromatic nitrogens is 3. The van der Waals surface area contributed by atoms with E-state index in [1.54, 1.807) is 30.3 Å². The maximum Gasteiger partial charge on any atom is 0.255 e. The van der Waals surface area contributed by atoms with E-state index >= 15 is 0 Å². The van der Waals surface area contributed by atoms with Gasteiger partial charge in [0.15, 0.2) is 0 Å². The summed E-state index contributed by atoms with van der Waals surface area (Å²) in [5, 5.41) is 4.32. The van der Waals surface area contributed by atoms with Gasteiger partial charge in [0.2, 0.25) is 10.0 Å². The normalized spacial score (nSPS) is 11.4. The molecule has 2 aromatic carbocycles. The van der Waals surface area contributed by atoms with Crippen LogP contribution in [0.3, 0.4) is 0 Å². The van der Waals surface area contributed by atoms with E-state index in [-0.39, 0.29) is 23.3 Å². The minimum atomic E-state index is -3.62. The van der Waals surface area contributed by atoms with E-state index in [0.29, 0.717) is 11.1 Å². The van der Waals surface area contributed by atoms with Crippen LogP contribution in [0.2, 0.25) is 5.02 Å². The Morgan fingerprint density at radius 2 is 1.92 bits per heavy atom. The van der Waals surface area contributed by atoms with Crippen LogP contribution in [0.25, 0.3) is 0 Å². The largest absolute Gasteiger partial charge is 0.255 e. The van der Waals surface area contributed by atoms with Crippen molar-refractivity contribution in [3.8, 4) is 0 Å². The number of anilines is 1. The molecule has 0 unspecified atom stereocenters. The summed E-state index contributed by atoms with van der Waals surface area (Å²) in [6, 6.07) is 12.8. The van der Waals surface area contributed by atoms with Gasteiger partial charge in [0.05, 0.1) is 12.3 Å². The smallest absolute Gasteiger partial charge is 0.250 e. The lowest BCUT2D eigenvalue weighted by Crippen LogP contribution is -2.16. The first-order valence-electron chi connectivity index (χ1n) is 7.29. The highest BCUT2D eigenvalue weighted by atomic mass is 35.5. The third-order valence-electron chi connectivity index (χ3n) is 3.33. The fourth-order valence-electron chi connectivity index (χ4n) is 2.21. The van der Waals surface area contributed by atoms with Crippen molar-refractivity contribution in [2.45, 2.75) is 12.3 Å². The second-order valence-electron chi connectivity index (χ2n) is 5.35.